The van der Waals surface area contributed by atoms with E-state index in [-0.39, 0.29) is 0 Å². The highest BCUT2D eigenvalue weighted by Crippen LogP contribution is 2.68. The van der Waals surface area contributed by atoms with Gasteiger partial charge in [0.05, 0.1) is 0 Å². The topological polar surface area (TPSA) is 17.1 Å². The van der Waals surface area contributed by atoms with Crippen LogP contribution in [-0.4, -0.2) is 71.1 Å². The lowest BCUT2D eigenvalue weighted by atomic mass is 9.85. The first-order valence-electron chi connectivity index (χ1n) is 7.88. The summed E-state index contributed by atoms with van der Waals surface area (Å²) < 4.78 is 335. The van der Waals surface area contributed by atoms with E-state index >= 15 is 0 Å². The monoisotopic (exact) mass is 666 g/mol. The van der Waals surface area contributed by atoms with Crippen molar-refractivity contribution in [3.63, 3.8) is 0 Å². The van der Waals surface area contributed by atoms with Gasteiger partial charge in [0.2, 0.25) is 8.46 Å². The van der Waals surface area contributed by atoms with Crippen molar-refractivity contribution < 1.29 is 114 Å². The lowest BCUT2D eigenvalue weighted by Gasteiger charge is -2.45. The molecule has 0 amide bonds. The van der Waals surface area contributed by atoms with Crippen LogP contribution in [0.1, 0.15) is 0 Å². The standard InChI is InChI=1S/C12F25OP/c13-1(14,3(17,18)5(21,22)7(25,26)9(29,30)11(33,34)35)2(15,16)4(19,20)6(23,24)8(27,28)10(31,32)12(36,37)39-38. The van der Waals surface area contributed by atoms with Gasteiger partial charge in [0.1, 0.15) is 0 Å². The van der Waals surface area contributed by atoms with Crippen molar-refractivity contribution in [3.8, 4) is 0 Å². The summed E-state index contributed by atoms with van der Waals surface area (Å²) in [6.45, 7) is 0. The number of halogens is 25. The Morgan fingerprint density at radius 1 is 0.256 bits per heavy atom. The van der Waals surface area contributed by atoms with E-state index in [1.54, 1.807) is 0 Å². The first-order chi connectivity index (χ1) is 16.3. The van der Waals surface area contributed by atoms with Crippen molar-refractivity contribution in [1.82, 2.24) is 0 Å². The molecule has 0 aromatic rings. The Morgan fingerprint density at radius 3 is 0.564 bits per heavy atom. The van der Waals surface area contributed by atoms with Gasteiger partial charge < -0.3 is 0 Å². The number of hydrogen-bond donors (Lipinski definition) is 0. The summed E-state index contributed by atoms with van der Waals surface area (Å²) in [6.07, 6.45) is -8.18. The van der Waals surface area contributed by atoms with Crippen LogP contribution in [0.3, 0.4) is 0 Å². The summed E-state index contributed by atoms with van der Waals surface area (Å²) in [5.41, 5.74) is -7.23. The molecule has 0 saturated heterocycles. The molecule has 0 fully saturated rings. The van der Waals surface area contributed by atoms with Gasteiger partial charge in [0, 0.05) is 0 Å². The van der Waals surface area contributed by atoms with Gasteiger partial charge in [-0.05, 0) is 0 Å². The molecule has 0 radical (unpaired) electrons. The first-order valence-corrected chi connectivity index (χ1v) is 8.69. The lowest BCUT2D eigenvalue weighted by Crippen LogP contribution is -2.78. The first kappa shape index (κ1) is 37.4. The van der Waals surface area contributed by atoms with E-state index in [1.165, 1.54) is 0 Å². The fourth-order valence-corrected chi connectivity index (χ4v) is 2.26. The quantitative estimate of drug-likeness (QED) is 0.159. The van der Waals surface area contributed by atoms with Crippen LogP contribution < -0.4 is 0 Å². The Balaban J connectivity index is 7.33. The number of alkyl halides is 25. The van der Waals surface area contributed by atoms with Crippen LogP contribution in [0.25, 0.3) is 0 Å². The zero-order chi connectivity index (χ0) is 32.7. The second-order valence-electron chi connectivity index (χ2n) is 6.87. The SMILES string of the molecule is O=PC(F)(F)C(F)(F)C(F)(F)C(F)(F)C(F)(F)C(F)(F)C(F)(F)C(F)(F)C(F)(F)C(F)(F)C(F)(F)C(F)(F)F. The van der Waals surface area contributed by atoms with Crippen molar-refractivity contribution in [1.29, 1.82) is 0 Å². The largest absolute Gasteiger partial charge is 0.460 e. The van der Waals surface area contributed by atoms with E-state index in [1.807, 2.05) is 0 Å². The Morgan fingerprint density at radius 2 is 0.410 bits per heavy atom. The van der Waals surface area contributed by atoms with Crippen LogP contribution in [0.15, 0.2) is 0 Å². The van der Waals surface area contributed by atoms with Crippen LogP contribution in [0, 0.1) is 0 Å². The van der Waals surface area contributed by atoms with E-state index in [2.05, 4.69) is 0 Å². The van der Waals surface area contributed by atoms with Crippen LogP contribution in [0.5, 0.6) is 0 Å². The second kappa shape index (κ2) is 8.92. The van der Waals surface area contributed by atoms with Gasteiger partial charge in [-0.15, -0.1) is 0 Å². The van der Waals surface area contributed by atoms with Crippen molar-refractivity contribution in [2.75, 3.05) is 0 Å². The minimum Gasteiger partial charge on any atom is -0.268 e. The molecule has 0 heterocycles. The summed E-state index contributed by atoms with van der Waals surface area (Å²) in [5, 5.41) is 0. The molecule has 39 heavy (non-hydrogen) atoms. The van der Waals surface area contributed by atoms with E-state index in [0.717, 1.165) is 0 Å². The molecule has 0 aromatic carbocycles. The third-order valence-corrected chi connectivity index (χ3v) is 4.91. The van der Waals surface area contributed by atoms with Gasteiger partial charge in [-0.1, -0.05) is 0 Å². The number of rotatable bonds is 11. The molecule has 0 aliphatic heterocycles. The molecule has 0 unspecified atom stereocenters. The molecule has 0 aliphatic carbocycles. The molecule has 0 aliphatic rings. The van der Waals surface area contributed by atoms with Crippen molar-refractivity contribution in [2.24, 2.45) is 0 Å². The highest BCUT2D eigenvalue weighted by atomic mass is 31.1. The van der Waals surface area contributed by atoms with Crippen LogP contribution >= 0.6 is 8.46 Å². The average Bonchev–Trinajstić information content (AvgIpc) is 2.71. The highest BCUT2D eigenvalue weighted by molar-refractivity contribution is 7.25. The van der Waals surface area contributed by atoms with Crippen LogP contribution in [0.4, 0.5) is 110 Å². The van der Waals surface area contributed by atoms with E-state index in [0.29, 0.717) is 0 Å². The summed E-state index contributed by atoms with van der Waals surface area (Å²) >= 11 is 0. The maximum absolute atomic E-state index is 13.4. The predicted molar refractivity (Wildman–Crippen MR) is 68.1 cm³/mol. The molecule has 0 rings (SSSR count). The zero-order valence-electron chi connectivity index (χ0n) is 16.3. The summed E-state index contributed by atoms with van der Waals surface area (Å²) in [6, 6.07) is 0. The maximum Gasteiger partial charge on any atom is 0.460 e. The molecule has 0 spiro atoms. The fourth-order valence-electron chi connectivity index (χ4n) is 2.00. The van der Waals surface area contributed by atoms with E-state index in [4.69, 9.17) is 0 Å². The molecule has 0 atom stereocenters. The van der Waals surface area contributed by atoms with Gasteiger partial charge in [-0.3, -0.25) is 4.57 Å². The highest BCUT2D eigenvalue weighted by Gasteiger charge is 2.99. The van der Waals surface area contributed by atoms with Crippen molar-refractivity contribution >= 4 is 8.46 Å². The molecular formula is C12F25OP. The molecule has 234 valence electrons. The van der Waals surface area contributed by atoms with Crippen molar-refractivity contribution in [2.45, 2.75) is 71.1 Å². The Hall–Kier alpha value is -1.65. The summed E-state index contributed by atoms with van der Waals surface area (Å²) in [5.74, 6) is -92.0. The summed E-state index contributed by atoms with van der Waals surface area (Å²) in [7, 11) is -3.73. The molecule has 1 nitrogen and oxygen atoms in total. The van der Waals surface area contributed by atoms with Gasteiger partial charge in [0.25, 0.3) is 0 Å². The van der Waals surface area contributed by atoms with Crippen LogP contribution in [-0.2, 0) is 4.57 Å². The van der Waals surface area contributed by atoms with Gasteiger partial charge in [-0.2, -0.15) is 110 Å². The molecular weight excluding hydrogens is 666 g/mol. The zero-order valence-corrected chi connectivity index (χ0v) is 17.2. The van der Waals surface area contributed by atoms with E-state index < -0.39 is 79.5 Å². The Bertz CT molecular complexity index is 926. The van der Waals surface area contributed by atoms with Gasteiger partial charge in [0.15, 0.2) is 0 Å². The molecule has 27 heteroatoms. The normalized spacial score (nSPS) is 17.2. The molecule has 0 aromatic heterocycles. The Kier molecular flexibility index (Phi) is 8.55. The smallest absolute Gasteiger partial charge is 0.268 e. The van der Waals surface area contributed by atoms with Crippen LogP contribution in [0.2, 0.25) is 0 Å². The lowest BCUT2D eigenvalue weighted by molar-refractivity contribution is -0.480. The fraction of sp³-hybridized carbons (Fsp3) is 1.00. The molecule has 0 saturated carbocycles. The minimum atomic E-state index is -9.62. The minimum absolute atomic E-state index is 3.73. The van der Waals surface area contributed by atoms with Crippen molar-refractivity contribution in [3.05, 3.63) is 0 Å². The third kappa shape index (κ3) is 4.26. The predicted octanol–water partition coefficient (Wildman–Crippen LogP) is 8.79. The van der Waals surface area contributed by atoms with Gasteiger partial charge in [-0.25, -0.2) is 0 Å². The van der Waals surface area contributed by atoms with E-state index in [9.17, 15) is 114 Å². The molecule has 0 N–H and O–H groups in total. The average molecular weight is 666 g/mol. The second-order valence-corrected chi connectivity index (χ2v) is 7.62. The third-order valence-electron chi connectivity index (χ3n) is 4.40. The maximum atomic E-state index is 13.4. The molecule has 0 bridgehead atoms. The summed E-state index contributed by atoms with van der Waals surface area (Å²) in [4.78, 5) is 0. The van der Waals surface area contributed by atoms with Gasteiger partial charge >= 0.3 is 71.1 Å². The Labute approximate surface area is 195 Å². The number of hydrogen-bond acceptors (Lipinski definition) is 1.